The van der Waals surface area contributed by atoms with Crippen molar-refractivity contribution < 1.29 is 13.9 Å². The number of piperidine rings is 1. The lowest BCUT2D eigenvalue weighted by Gasteiger charge is -2.32. The summed E-state index contributed by atoms with van der Waals surface area (Å²) >= 11 is 0. The van der Waals surface area contributed by atoms with Gasteiger partial charge in [0.2, 0.25) is 0 Å². The van der Waals surface area contributed by atoms with Crippen molar-refractivity contribution in [3.63, 3.8) is 0 Å². The molecule has 0 saturated carbocycles. The zero-order valence-electron chi connectivity index (χ0n) is 15.7. The van der Waals surface area contributed by atoms with Gasteiger partial charge in [0, 0.05) is 18.8 Å². The minimum Gasteiger partial charge on any atom is -0.497 e. The van der Waals surface area contributed by atoms with E-state index in [0.717, 1.165) is 37.1 Å². The van der Waals surface area contributed by atoms with Gasteiger partial charge in [-0.2, -0.15) is 0 Å². The maximum absolute atomic E-state index is 13.1. The molecule has 2 aromatic rings. The number of halogens is 1. The molecule has 0 aromatic heterocycles. The Morgan fingerprint density at radius 2 is 2.07 bits per heavy atom. The zero-order valence-corrected chi connectivity index (χ0v) is 15.7. The minimum absolute atomic E-state index is 0.0789. The van der Waals surface area contributed by atoms with Crippen molar-refractivity contribution in [3.8, 4) is 5.75 Å². The smallest absolute Gasteiger partial charge is 0.322 e. The zero-order chi connectivity index (χ0) is 19.2. The van der Waals surface area contributed by atoms with Crippen LogP contribution < -0.4 is 20.3 Å². The summed E-state index contributed by atoms with van der Waals surface area (Å²) in [7, 11) is 3.34. The first-order valence-corrected chi connectivity index (χ1v) is 9.21. The van der Waals surface area contributed by atoms with Gasteiger partial charge in [0.15, 0.2) is 0 Å². The third kappa shape index (κ3) is 5.20. The fourth-order valence-electron chi connectivity index (χ4n) is 3.43. The van der Waals surface area contributed by atoms with Gasteiger partial charge in [-0.15, -0.1) is 0 Å². The van der Waals surface area contributed by atoms with Gasteiger partial charge in [-0.1, -0.05) is 18.2 Å². The number of nitrogens with one attached hydrogen (secondary N) is 2. The van der Waals surface area contributed by atoms with Crippen molar-refractivity contribution in [2.45, 2.75) is 25.4 Å². The molecule has 6 heteroatoms. The Morgan fingerprint density at radius 1 is 1.30 bits per heavy atom. The highest BCUT2D eigenvalue weighted by Gasteiger charge is 2.24. The summed E-state index contributed by atoms with van der Waals surface area (Å²) < 4.78 is 18.3. The quantitative estimate of drug-likeness (QED) is 0.845. The number of carbonyl (C=O) groups excluding carboxylic acids is 1. The number of methoxy groups -OCH3 is 1. The molecule has 0 aliphatic carbocycles. The predicted octanol–water partition coefficient (Wildman–Crippen LogP) is 3.55. The summed E-state index contributed by atoms with van der Waals surface area (Å²) in [6, 6.07) is 13.9. The van der Waals surface area contributed by atoms with Gasteiger partial charge in [0.05, 0.1) is 13.3 Å². The number of hydrogen-bond acceptors (Lipinski definition) is 3. The van der Waals surface area contributed by atoms with E-state index in [9.17, 15) is 9.18 Å². The topological polar surface area (TPSA) is 53.6 Å². The number of hydrogen-bond donors (Lipinski definition) is 2. The van der Waals surface area contributed by atoms with Crippen molar-refractivity contribution >= 4 is 11.7 Å². The maximum atomic E-state index is 13.1. The van der Waals surface area contributed by atoms with Crippen LogP contribution in [0.2, 0.25) is 0 Å². The van der Waals surface area contributed by atoms with Crippen LogP contribution in [0.1, 0.15) is 18.4 Å². The third-order valence-corrected chi connectivity index (χ3v) is 4.99. The van der Waals surface area contributed by atoms with Gasteiger partial charge < -0.3 is 10.1 Å². The van der Waals surface area contributed by atoms with Crippen LogP contribution in [-0.2, 0) is 6.42 Å². The lowest BCUT2D eigenvalue weighted by atomic mass is 9.89. The highest BCUT2D eigenvalue weighted by atomic mass is 19.1. The lowest BCUT2D eigenvalue weighted by Crippen LogP contribution is -2.53. The first-order chi connectivity index (χ1) is 13.0. The first-order valence-electron chi connectivity index (χ1n) is 9.21. The second-order valence-corrected chi connectivity index (χ2v) is 6.94. The van der Waals surface area contributed by atoms with Gasteiger partial charge in [-0.3, -0.25) is 10.2 Å². The fraction of sp³-hybridized carbons (Fsp3) is 0.381. The van der Waals surface area contributed by atoms with Gasteiger partial charge in [-0.25, -0.2) is 9.18 Å². The molecule has 1 heterocycles. The van der Waals surface area contributed by atoms with Gasteiger partial charge in [0.25, 0.3) is 0 Å². The summed E-state index contributed by atoms with van der Waals surface area (Å²) in [5, 5.41) is 6.41. The highest BCUT2D eigenvalue weighted by molar-refractivity contribution is 5.91. The van der Waals surface area contributed by atoms with E-state index in [-0.39, 0.29) is 18.0 Å². The molecule has 144 valence electrons. The molecule has 2 atom stereocenters. The van der Waals surface area contributed by atoms with Crippen LogP contribution in [0, 0.1) is 11.7 Å². The molecule has 0 unspecified atom stereocenters. The highest BCUT2D eigenvalue weighted by Crippen LogP contribution is 2.22. The molecule has 2 amide bonds. The Bertz CT molecular complexity index is 766. The summed E-state index contributed by atoms with van der Waals surface area (Å²) in [5.74, 6) is 0.946. The molecule has 0 radical (unpaired) electrons. The molecule has 1 aliphatic heterocycles. The number of anilines is 1. The molecule has 1 saturated heterocycles. The number of benzene rings is 2. The molecule has 2 N–H and O–H groups in total. The molecule has 3 rings (SSSR count). The van der Waals surface area contributed by atoms with Crippen LogP contribution in [0.4, 0.5) is 14.9 Å². The van der Waals surface area contributed by atoms with E-state index >= 15 is 0 Å². The van der Waals surface area contributed by atoms with Gasteiger partial charge in [-0.05, 0) is 61.6 Å². The Balaban J connectivity index is 1.56. The Kier molecular flexibility index (Phi) is 6.29. The molecular weight excluding hydrogens is 345 g/mol. The summed E-state index contributed by atoms with van der Waals surface area (Å²) in [6.07, 6.45) is 2.69. The largest absolute Gasteiger partial charge is 0.497 e. The molecule has 5 nitrogen and oxygen atoms in total. The van der Waals surface area contributed by atoms with Crippen molar-refractivity contribution in [1.29, 1.82) is 0 Å². The number of amides is 2. The van der Waals surface area contributed by atoms with Crippen LogP contribution in [-0.4, -0.2) is 32.9 Å². The van der Waals surface area contributed by atoms with Crippen molar-refractivity contribution in [2.24, 2.45) is 5.92 Å². The average molecular weight is 371 g/mol. The van der Waals surface area contributed by atoms with Crippen LogP contribution in [0.3, 0.4) is 0 Å². The monoisotopic (exact) mass is 371 g/mol. The molecule has 1 fully saturated rings. The summed E-state index contributed by atoms with van der Waals surface area (Å²) in [4.78, 5) is 14.2. The molecule has 0 bridgehead atoms. The number of carbonyl (C=O) groups is 1. The number of nitrogens with zero attached hydrogens (tertiary/aromatic N) is 1. The maximum Gasteiger partial charge on any atom is 0.322 e. The van der Waals surface area contributed by atoms with E-state index in [1.165, 1.54) is 12.1 Å². The van der Waals surface area contributed by atoms with Crippen molar-refractivity contribution in [3.05, 3.63) is 59.9 Å². The number of rotatable bonds is 5. The molecule has 1 aliphatic rings. The minimum atomic E-state index is -0.213. The van der Waals surface area contributed by atoms with E-state index in [1.807, 2.05) is 36.4 Å². The second-order valence-electron chi connectivity index (χ2n) is 6.94. The molecular formula is C21H26FN3O2. The average Bonchev–Trinajstić information content (AvgIpc) is 2.69. The lowest BCUT2D eigenvalue weighted by molar-refractivity contribution is 0.226. The third-order valence-electron chi connectivity index (χ3n) is 4.99. The number of urea groups is 1. The van der Waals surface area contributed by atoms with E-state index < -0.39 is 0 Å². The standard InChI is InChI=1S/C21H26FN3O2/c1-25(18-4-3-5-19(14-18)27-2)21(26)24-20-13-16(10-11-23-20)12-15-6-8-17(22)9-7-15/h3-9,14,16,20,23H,10-13H2,1-2H3,(H,24,26)/t16-,20-/m1/s1. The van der Waals surface area contributed by atoms with Crippen LogP contribution in [0.25, 0.3) is 0 Å². The normalized spacial score (nSPS) is 19.4. The molecule has 0 spiro atoms. The Labute approximate surface area is 159 Å². The van der Waals surface area contributed by atoms with Crippen molar-refractivity contribution in [1.82, 2.24) is 10.6 Å². The summed E-state index contributed by atoms with van der Waals surface area (Å²) in [6.45, 7) is 0.847. The van der Waals surface area contributed by atoms with Crippen LogP contribution in [0.5, 0.6) is 5.75 Å². The Hall–Kier alpha value is -2.60. The van der Waals surface area contributed by atoms with E-state index in [2.05, 4.69) is 10.6 Å². The van der Waals surface area contributed by atoms with E-state index in [1.54, 1.807) is 19.1 Å². The molecule has 27 heavy (non-hydrogen) atoms. The SMILES string of the molecule is COc1cccc(N(C)C(=O)N[C@@H]2C[C@@H](Cc3ccc(F)cc3)CCN2)c1. The van der Waals surface area contributed by atoms with E-state index in [0.29, 0.717) is 11.7 Å². The predicted molar refractivity (Wildman–Crippen MR) is 105 cm³/mol. The summed E-state index contributed by atoms with van der Waals surface area (Å²) in [5.41, 5.74) is 1.90. The molecule has 2 aromatic carbocycles. The van der Waals surface area contributed by atoms with Gasteiger partial charge in [0.1, 0.15) is 11.6 Å². The Morgan fingerprint density at radius 3 is 2.81 bits per heavy atom. The fourth-order valence-corrected chi connectivity index (χ4v) is 3.43. The van der Waals surface area contributed by atoms with E-state index in [4.69, 9.17) is 4.74 Å². The first kappa shape index (κ1) is 19.2. The second kappa shape index (κ2) is 8.86. The van der Waals surface area contributed by atoms with Gasteiger partial charge >= 0.3 is 6.03 Å². The van der Waals surface area contributed by atoms with Crippen LogP contribution >= 0.6 is 0 Å². The van der Waals surface area contributed by atoms with Crippen LogP contribution in [0.15, 0.2) is 48.5 Å². The number of ether oxygens (including phenoxy) is 1. The van der Waals surface area contributed by atoms with Crippen molar-refractivity contribution in [2.75, 3.05) is 25.6 Å².